The molecule has 2 aliphatic rings. The summed E-state index contributed by atoms with van der Waals surface area (Å²) < 4.78 is 4.82. The number of amides is 2. The number of carbonyl (C=O) groups is 3. The number of halogens is 1. The predicted molar refractivity (Wildman–Crippen MR) is 104 cm³/mol. The van der Waals surface area contributed by atoms with Crippen molar-refractivity contribution in [3.63, 3.8) is 0 Å². The van der Waals surface area contributed by atoms with E-state index in [-0.39, 0.29) is 30.9 Å². The quantitative estimate of drug-likeness (QED) is 0.584. The number of guanidine groups is 1. The second-order valence-corrected chi connectivity index (χ2v) is 6.84. The van der Waals surface area contributed by atoms with Gasteiger partial charge in [-0.25, -0.2) is 4.99 Å². The summed E-state index contributed by atoms with van der Waals surface area (Å²) in [6, 6.07) is 6.52. The van der Waals surface area contributed by atoms with Crippen LogP contribution >= 0.6 is 11.6 Å². The lowest BCUT2D eigenvalue weighted by Crippen LogP contribution is -2.47. The van der Waals surface area contributed by atoms with Crippen LogP contribution in [0.3, 0.4) is 0 Å². The minimum absolute atomic E-state index is 0.123. The molecule has 1 unspecified atom stereocenters. The Bertz CT molecular complexity index is 852. The lowest BCUT2D eigenvalue weighted by atomic mass is 9.99. The van der Waals surface area contributed by atoms with Gasteiger partial charge in [0, 0.05) is 29.9 Å². The number of ether oxygens (including phenoxy) is 1. The molecule has 2 N–H and O–H groups in total. The monoisotopic (exact) mass is 404 g/mol. The first-order chi connectivity index (χ1) is 13.5. The molecular weight excluding hydrogens is 384 g/mol. The molecule has 1 atom stereocenters. The van der Waals surface area contributed by atoms with Gasteiger partial charge in [-0.2, -0.15) is 0 Å². The van der Waals surface area contributed by atoms with Crippen LogP contribution < -0.4 is 10.6 Å². The van der Waals surface area contributed by atoms with Gasteiger partial charge in [0.05, 0.1) is 12.6 Å². The summed E-state index contributed by atoms with van der Waals surface area (Å²) in [4.78, 5) is 42.2. The van der Waals surface area contributed by atoms with E-state index < -0.39 is 5.97 Å². The smallest absolute Gasteiger partial charge is 0.315 e. The zero-order valence-corrected chi connectivity index (χ0v) is 16.2. The number of hydrogen-bond donors (Lipinski definition) is 2. The first-order valence-corrected chi connectivity index (χ1v) is 9.37. The van der Waals surface area contributed by atoms with Crippen LogP contribution in [0.25, 0.3) is 0 Å². The summed E-state index contributed by atoms with van der Waals surface area (Å²) in [5.74, 6) is -0.742. The summed E-state index contributed by atoms with van der Waals surface area (Å²) in [7, 11) is 0. The van der Waals surface area contributed by atoms with E-state index >= 15 is 0 Å². The number of piperidine rings is 1. The SMILES string of the molecule is CCOC(=O)CC(=O)N1CCC2N=C(NC(=O)c3cccc(Cl)c3)NC=C2C1. The maximum absolute atomic E-state index is 12.3. The van der Waals surface area contributed by atoms with E-state index in [9.17, 15) is 14.4 Å². The van der Waals surface area contributed by atoms with Crippen LogP contribution in [0.5, 0.6) is 0 Å². The van der Waals surface area contributed by atoms with Gasteiger partial charge < -0.3 is 15.0 Å². The first kappa shape index (κ1) is 19.9. The molecule has 1 saturated heterocycles. The van der Waals surface area contributed by atoms with Crippen molar-refractivity contribution in [1.82, 2.24) is 15.5 Å². The van der Waals surface area contributed by atoms with Crippen LogP contribution in [0.15, 0.2) is 41.0 Å². The van der Waals surface area contributed by atoms with Crippen molar-refractivity contribution in [3.8, 4) is 0 Å². The summed E-state index contributed by atoms with van der Waals surface area (Å²) in [6.45, 7) is 2.82. The van der Waals surface area contributed by atoms with E-state index in [0.29, 0.717) is 36.1 Å². The van der Waals surface area contributed by atoms with Crippen LogP contribution in [-0.2, 0) is 14.3 Å². The Morgan fingerprint density at radius 2 is 2.21 bits per heavy atom. The van der Waals surface area contributed by atoms with Crippen molar-refractivity contribution in [2.75, 3.05) is 19.7 Å². The predicted octanol–water partition coefficient (Wildman–Crippen LogP) is 1.47. The summed E-state index contributed by atoms with van der Waals surface area (Å²) in [6.07, 6.45) is 2.09. The molecule has 2 heterocycles. The highest BCUT2D eigenvalue weighted by molar-refractivity contribution is 6.31. The summed E-state index contributed by atoms with van der Waals surface area (Å²) in [5, 5.41) is 6.15. The molecule has 148 valence electrons. The van der Waals surface area contributed by atoms with Crippen molar-refractivity contribution in [2.45, 2.75) is 25.8 Å². The fourth-order valence-corrected chi connectivity index (χ4v) is 3.24. The maximum Gasteiger partial charge on any atom is 0.315 e. The minimum atomic E-state index is -0.519. The van der Waals surface area contributed by atoms with E-state index in [1.807, 2.05) is 0 Å². The van der Waals surface area contributed by atoms with E-state index in [2.05, 4.69) is 15.6 Å². The maximum atomic E-state index is 12.3. The van der Waals surface area contributed by atoms with E-state index in [0.717, 1.165) is 5.57 Å². The Morgan fingerprint density at radius 1 is 1.39 bits per heavy atom. The largest absolute Gasteiger partial charge is 0.466 e. The molecule has 0 radical (unpaired) electrons. The van der Waals surface area contributed by atoms with Crippen molar-refractivity contribution in [1.29, 1.82) is 0 Å². The van der Waals surface area contributed by atoms with Gasteiger partial charge in [-0.1, -0.05) is 17.7 Å². The van der Waals surface area contributed by atoms with E-state index in [1.54, 1.807) is 42.3 Å². The lowest BCUT2D eigenvalue weighted by Gasteiger charge is -2.34. The van der Waals surface area contributed by atoms with Crippen LogP contribution in [-0.4, -0.2) is 54.4 Å². The molecule has 1 aromatic rings. The molecule has 3 rings (SSSR count). The van der Waals surface area contributed by atoms with E-state index in [1.165, 1.54) is 0 Å². The van der Waals surface area contributed by atoms with Crippen LogP contribution in [0.2, 0.25) is 5.02 Å². The summed E-state index contributed by atoms with van der Waals surface area (Å²) in [5.41, 5.74) is 1.36. The molecule has 1 aromatic carbocycles. The summed E-state index contributed by atoms with van der Waals surface area (Å²) >= 11 is 5.91. The number of aliphatic imine (C=N–C) groups is 1. The highest BCUT2D eigenvalue weighted by Crippen LogP contribution is 2.22. The fraction of sp³-hybridized carbons (Fsp3) is 0.368. The number of carbonyl (C=O) groups excluding carboxylic acids is 3. The van der Waals surface area contributed by atoms with Crippen molar-refractivity contribution >= 4 is 35.3 Å². The number of nitrogens with zero attached hydrogens (tertiary/aromatic N) is 2. The van der Waals surface area contributed by atoms with Crippen molar-refractivity contribution < 1.29 is 19.1 Å². The first-order valence-electron chi connectivity index (χ1n) is 9.00. The number of rotatable bonds is 4. The molecule has 28 heavy (non-hydrogen) atoms. The van der Waals surface area contributed by atoms with Crippen molar-refractivity contribution in [3.05, 3.63) is 46.6 Å². The normalized spacial score (nSPS) is 18.2. The molecule has 9 heteroatoms. The average Bonchev–Trinajstić information content (AvgIpc) is 2.67. The van der Waals surface area contributed by atoms with Gasteiger partial charge in [0.2, 0.25) is 11.9 Å². The Labute approximate surface area is 167 Å². The number of benzene rings is 1. The third kappa shape index (κ3) is 4.89. The molecule has 0 aromatic heterocycles. The Hall–Kier alpha value is -2.87. The lowest BCUT2D eigenvalue weighted by molar-refractivity contribution is -0.148. The molecule has 0 saturated carbocycles. The second kappa shape index (κ2) is 8.88. The van der Waals surface area contributed by atoms with Crippen LogP contribution in [0.4, 0.5) is 0 Å². The fourth-order valence-electron chi connectivity index (χ4n) is 3.05. The van der Waals surface area contributed by atoms with Gasteiger partial charge in [-0.15, -0.1) is 0 Å². The molecule has 0 aliphatic carbocycles. The number of fused-ring (bicyclic) bond motifs is 1. The van der Waals surface area contributed by atoms with E-state index in [4.69, 9.17) is 16.3 Å². The molecule has 0 spiro atoms. The van der Waals surface area contributed by atoms with Crippen LogP contribution in [0.1, 0.15) is 30.1 Å². The highest BCUT2D eigenvalue weighted by Gasteiger charge is 2.30. The number of esters is 1. The molecule has 8 nitrogen and oxygen atoms in total. The van der Waals surface area contributed by atoms with Gasteiger partial charge in [-0.3, -0.25) is 19.7 Å². The standard InChI is InChI=1S/C19H21ClN4O4/c1-2-28-17(26)9-16(25)24-7-6-15-13(11-24)10-21-19(22-15)23-18(27)12-4-3-5-14(20)8-12/h3-5,8,10,15H,2,6-7,9,11H2,1H3,(H2,21,22,23,27). The third-order valence-electron chi connectivity index (χ3n) is 4.43. The van der Waals surface area contributed by atoms with Crippen molar-refractivity contribution in [2.24, 2.45) is 4.99 Å². The van der Waals surface area contributed by atoms with Gasteiger partial charge in [0.25, 0.3) is 5.91 Å². The van der Waals surface area contributed by atoms with Gasteiger partial charge in [0.1, 0.15) is 6.42 Å². The van der Waals surface area contributed by atoms with Gasteiger partial charge in [-0.05, 0) is 37.1 Å². The number of likely N-dealkylation sites (tertiary alicyclic amines) is 1. The molecule has 2 amide bonds. The Kier molecular flexibility index (Phi) is 6.30. The van der Waals surface area contributed by atoms with Crippen LogP contribution in [0, 0.1) is 0 Å². The average molecular weight is 405 g/mol. The molecule has 2 aliphatic heterocycles. The number of hydrogen-bond acceptors (Lipinski definition) is 6. The molecule has 1 fully saturated rings. The third-order valence-corrected chi connectivity index (χ3v) is 4.66. The zero-order chi connectivity index (χ0) is 20.1. The highest BCUT2D eigenvalue weighted by atomic mass is 35.5. The Balaban J connectivity index is 1.56. The molecular formula is C19H21ClN4O4. The number of nitrogens with one attached hydrogen (secondary N) is 2. The van der Waals surface area contributed by atoms with Gasteiger partial charge in [0.15, 0.2) is 0 Å². The topological polar surface area (TPSA) is 100 Å². The Morgan fingerprint density at radius 3 is 2.96 bits per heavy atom. The zero-order valence-electron chi connectivity index (χ0n) is 15.4. The minimum Gasteiger partial charge on any atom is -0.466 e. The van der Waals surface area contributed by atoms with Gasteiger partial charge >= 0.3 is 5.97 Å². The molecule has 0 bridgehead atoms. The second-order valence-electron chi connectivity index (χ2n) is 6.41.